The Morgan fingerprint density at radius 2 is 1.76 bits per heavy atom. The fraction of sp³-hybridized carbons (Fsp3) is 0.522. The zero-order chi connectivity index (χ0) is 23.7. The number of benzene rings is 1. The molecule has 1 N–H and O–H groups in total. The largest absolute Gasteiger partial charge is 0.454 e. The van der Waals surface area contributed by atoms with E-state index in [1.807, 2.05) is 4.90 Å². The highest BCUT2D eigenvalue weighted by Crippen LogP contribution is 2.34. The molecule has 11 heteroatoms. The van der Waals surface area contributed by atoms with Crippen molar-refractivity contribution in [3.8, 4) is 11.5 Å². The van der Waals surface area contributed by atoms with Gasteiger partial charge < -0.3 is 24.6 Å². The van der Waals surface area contributed by atoms with Crippen molar-refractivity contribution in [3.05, 3.63) is 28.2 Å². The summed E-state index contributed by atoms with van der Waals surface area (Å²) in [6, 6.07) is 5.08. The molecule has 3 aliphatic heterocycles. The fourth-order valence-corrected chi connectivity index (χ4v) is 5.25. The molecule has 2 fully saturated rings. The Morgan fingerprint density at radius 3 is 2.59 bits per heavy atom. The predicted octanol–water partition coefficient (Wildman–Crippen LogP) is 2.63. The molecule has 0 spiro atoms. The highest BCUT2D eigenvalue weighted by Gasteiger charge is 2.34. The van der Waals surface area contributed by atoms with Crippen molar-refractivity contribution < 1.29 is 23.9 Å². The minimum atomic E-state index is -0.457. The maximum absolute atomic E-state index is 13.1. The van der Waals surface area contributed by atoms with Crippen molar-refractivity contribution in [3.63, 3.8) is 0 Å². The van der Waals surface area contributed by atoms with E-state index >= 15 is 0 Å². The Bertz CT molecular complexity index is 1100. The van der Waals surface area contributed by atoms with Crippen LogP contribution in [0.25, 0.3) is 0 Å². The SMILES string of the molecule is CC1CCN(C(=O)[C@@H]2CCCN(C(=O)c3nnc(C(=O)Nc4ccc5c(c4)OCO5)s3)C2)CC1. The molecule has 34 heavy (non-hydrogen) atoms. The van der Waals surface area contributed by atoms with Gasteiger partial charge in [-0.15, -0.1) is 10.2 Å². The Labute approximate surface area is 201 Å². The molecule has 1 aromatic carbocycles. The third-order valence-corrected chi connectivity index (χ3v) is 7.50. The number of carbonyl (C=O) groups excluding carboxylic acids is 3. The van der Waals surface area contributed by atoms with E-state index in [-0.39, 0.29) is 34.5 Å². The van der Waals surface area contributed by atoms with Gasteiger partial charge in [-0.05, 0) is 43.7 Å². The van der Waals surface area contributed by atoms with Crippen molar-refractivity contribution in [2.45, 2.75) is 32.6 Å². The van der Waals surface area contributed by atoms with Gasteiger partial charge in [0.05, 0.1) is 5.92 Å². The summed E-state index contributed by atoms with van der Waals surface area (Å²) in [6.07, 6.45) is 3.61. The minimum Gasteiger partial charge on any atom is -0.454 e. The predicted molar refractivity (Wildman–Crippen MR) is 124 cm³/mol. The summed E-state index contributed by atoms with van der Waals surface area (Å²) in [6.45, 7) is 4.90. The molecular formula is C23H27N5O5S. The standard InChI is InChI=1S/C23H27N5O5S/c1-14-6-9-27(10-7-14)22(30)15-3-2-8-28(12-15)23(31)21-26-25-20(34-21)19(29)24-16-4-5-17-18(11-16)33-13-32-17/h4-5,11,14-15H,2-3,6-10,12-13H2,1H3,(H,24,29)/t15-/m1/s1. The van der Waals surface area contributed by atoms with Gasteiger partial charge >= 0.3 is 0 Å². The van der Waals surface area contributed by atoms with Gasteiger partial charge in [-0.25, -0.2) is 0 Å². The zero-order valence-electron chi connectivity index (χ0n) is 19.0. The van der Waals surface area contributed by atoms with Gasteiger partial charge in [-0.2, -0.15) is 0 Å². The maximum Gasteiger partial charge on any atom is 0.286 e. The summed E-state index contributed by atoms with van der Waals surface area (Å²) in [5.41, 5.74) is 0.529. The average molecular weight is 486 g/mol. The molecule has 180 valence electrons. The van der Waals surface area contributed by atoms with Crippen LogP contribution >= 0.6 is 11.3 Å². The molecule has 0 bridgehead atoms. The van der Waals surface area contributed by atoms with Gasteiger partial charge in [0, 0.05) is 37.9 Å². The number of anilines is 1. The molecular weight excluding hydrogens is 458 g/mol. The first-order chi connectivity index (χ1) is 16.5. The van der Waals surface area contributed by atoms with Crippen LogP contribution in [0.2, 0.25) is 0 Å². The third kappa shape index (κ3) is 4.70. The van der Waals surface area contributed by atoms with Crippen molar-refractivity contribution in [2.24, 2.45) is 11.8 Å². The number of fused-ring (bicyclic) bond motifs is 1. The number of likely N-dealkylation sites (tertiary alicyclic amines) is 2. The highest BCUT2D eigenvalue weighted by molar-refractivity contribution is 7.15. The lowest BCUT2D eigenvalue weighted by Crippen LogP contribution is -2.48. The van der Waals surface area contributed by atoms with Crippen LogP contribution in [0.1, 0.15) is 52.2 Å². The smallest absolute Gasteiger partial charge is 0.286 e. The number of aromatic nitrogens is 2. The summed E-state index contributed by atoms with van der Waals surface area (Å²) in [7, 11) is 0. The number of ether oxygens (including phenoxy) is 2. The second kappa shape index (κ2) is 9.57. The molecule has 2 aromatic rings. The van der Waals surface area contributed by atoms with Gasteiger partial charge in [0.15, 0.2) is 11.5 Å². The molecule has 0 unspecified atom stereocenters. The highest BCUT2D eigenvalue weighted by atomic mass is 32.1. The summed E-state index contributed by atoms with van der Waals surface area (Å²) in [5, 5.41) is 10.8. The summed E-state index contributed by atoms with van der Waals surface area (Å²) in [5.74, 6) is 1.04. The molecule has 3 amide bonds. The van der Waals surface area contributed by atoms with Crippen LogP contribution in [0.4, 0.5) is 5.69 Å². The molecule has 3 aliphatic rings. The number of nitrogens with one attached hydrogen (secondary N) is 1. The molecule has 5 rings (SSSR count). The Hall–Kier alpha value is -3.21. The van der Waals surface area contributed by atoms with Crippen molar-refractivity contribution in [2.75, 3.05) is 38.3 Å². The second-order valence-corrected chi connectivity index (χ2v) is 10.0. The molecule has 1 aromatic heterocycles. The van der Waals surface area contributed by atoms with E-state index in [0.29, 0.717) is 36.2 Å². The number of hydrogen-bond acceptors (Lipinski definition) is 8. The van der Waals surface area contributed by atoms with Crippen molar-refractivity contribution in [1.29, 1.82) is 0 Å². The number of carbonyl (C=O) groups is 3. The maximum atomic E-state index is 13.1. The second-order valence-electron chi connectivity index (χ2n) is 9.03. The molecule has 2 saturated heterocycles. The van der Waals surface area contributed by atoms with E-state index in [4.69, 9.17) is 9.47 Å². The van der Waals surface area contributed by atoms with Crippen LogP contribution < -0.4 is 14.8 Å². The molecule has 0 aliphatic carbocycles. The number of rotatable bonds is 4. The molecule has 4 heterocycles. The third-order valence-electron chi connectivity index (χ3n) is 6.59. The number of amides is 3. The van der Waals surface area contributed by atoms with E-state index in [9.17, 15) is 14.4 Å². The lowest BCUT2D eigenvalue weighted by molar-refractivity contribution is -0.138. The Morgan fingerprint density at radius 1 is 1.00 bits per heavy atom. The van der Waals surface area contributed by atoms with Crippen molar-refractivity contribution in [1.82, 2.24) is 20.0 Å². The van der Waals surface area contributed by atoms with Crippen LogP contribution in [-0.2, 0) is 4.79 Å². The molecule has 0 radical (unpaired) electrons. The first-order valence-corrected chi connectivity index (χ1v) is 12.4. The van der Waals surface area contributed by atoms with Gasteiger partial charge in [-0.1, -0.05) is 18.3 Å². The van der Waals surface area contributed by atoms with Crippen LogP contribution in [0.5, 0.6) is 11.5 Å². The monoisotopic (exact) mass is 485 g/mol. The minimum absolute atomic E-state index is 0.0908. The van der Waals surface area contributed by atoms with E-state index < -0.39 is 5.91 Å². The van der Waals surface area contributed by atoms with Crippen LogP contribution in [-0.4, -0.2) is 70.7 Å². The van der Waals surface area contributed by atoms with E-state index in [0.717, 1.165) is 50.1 Å². The summed E-state index contributed by atoms with van der Waals surface area (Å²) < 4.78 is 10.6. The molecule has 10 nitrogen and oxygen atoms in total. The quantitative estimate of drug-likeness (QED) is 0.708. The summed E-state index contributed by atoms with van der Waals surface area (Å²) in [4.78, 5) is 42.3. The lowest BCUT2D eigenvalue weighted by atomic mass is 9.93. The van der Waals surface area contributed by atoms with Gasteiger partial charge in [0.2, 0.25) is 22.7 Å². The topological polar surface area (TPSA) is 114 Å². The van der Waals surface area contributed by atoms with Gasteiger partial charge in [0.1, 0.15) is 0 Å². The van der Waals surface area contributed by atoms with Gasteiger partial charge in [-0.3, -0.25) is 14.4 Å². The zero-order valence-corrected chi connectivity index (χ0v) is 19.8. The van der Waals surface area contributed by atoms with Crippen LogP contribution in [0, 0.1) is 11.8 Å². The average Bonchev–Trinajstić information content (AvgIpc) is 3.53. The van der Waals surface area contributed by atoms with Gasteiger partial charge in [0.25, 0.3) is 11.8 Å². The number of piperidine rings is 2. The Kier molecular flexibility index (Phi) is 6.36. The summed E-state index contributed by atoms with van der Waals surface area (Å²) >= 11 is 0.949. The van der Waals surface area contributed by atoms with E-state index in [1.165, 1.54) is 0 Å². The number of hydrogen-bond donors (Lipinski definition) is 1. The first kappa shape index (κ1) is 22.6. The fourth-order valence-electron chi connectivity index (χ4n) is 4.55. The first-order valence-electron chi connectivity index (χ1n) is 11.6. The normalized spacial score (nSPS) is 20.3. The molecule has 1 atom stereocenters. The van der Waals surface area contributed by atoms with Crippen LogP contribution in [0.3, 0.4) is 0 Å². The van der Waals surface area contributed by atoms with Crippen LogP contribution in [0.15, 0.2) is 18.2 Å². The van der Waals surface area contributed by atoms with E-state index in [1.54, 1.807) is 23.1 Å². The lowest BCUT2D eigenvalue weighted by Gasteiger charge is -2.37. The van der Waals surface area contributed by atoms with E-state index in [2.05, 4.69) is 22.4 Å². The number of nitrogens with zero attached hydrogens (tertiary/aromatic N) is 4. The Balaban J connectivity index is 1.20. The molecule has 0 saturated carbocycles. The van der Waals surface area contributed by atoms with Crippen molar-refractivity contribution >= 4 is 34.7 Å².